The number of unbranched alkanes of at least 4 members (excludes halogenated alkanes) is 2. The highest BCUT2D eigenvalue weighted by atomic mass is 16.5. The van der Waals surface area contributed by atoms with Crippen LogP contribution in [0.2, 0.25) is 0 Å². The van der Waals surface area contributed by atoms with Crippen LogP contribution in [0.1, 0.15) is 49.6 Å². The van der Waals surface area contributed by atoms with Crippen molar-refractivity contribution in [3.63, 3.8) is 0 Å². The third-order valence-electron chi connectivity index (χ3n) is 5.07. The topological polar surface area (TPSA) is 124 Å². The van der Waals surface area contributed by atoms with E-state index in [0.29, 0.717) is 12.2 Å². The molecule has 1 heterocycles. The van der Waals surface area contributed by atoms with E-state index in [1.807, 2.05) is 50.2 Å². The van der Waals surface area contributed by atoms with Crippen molar-refractivity contribution in [1.82, 2.24) is 16.1 Å². The van der Waals surface area contributed by atoms with Crippen molar-refractivity contribution in [3.05, 3.63) is 42.2 Å². The number of carbonyl (C=O) groups excluding carboxylic acids is 3. The molecule has 0 aliphatic rings. The van der Waals surface area contributed by atoms with Gasteiger partial charge in [-0.2, -0.15) is 0 Å². The number of hydrogen-bond acceptors (Lipinski definition) is 6. The zero-order chi connectivity index (χ0) is 23.5. The van der Waals surface area contributed by atoms with Gasteiger partial charge in [-0.1, -0.05) is 38.3 Å². The van der Waals surface area contributed by atoms with Gasteiger partial charge in [0.15, 0.2) is 5.76 Å². The molecule has 0 fully saturated rings. The summed E-state index contributed by atoms with van der Waals surface area (Å²) < 4.78 is 5.68. The van der Waals surface area contributed by atoms with E-state index in [0.717, 1.165) is 30.5 Å². The first-order chi connectivity index (χ1) is 15.3. The Morgan fingerprint density at radius 1 is 1.09 bits per heavy atom. The molecule has 0 unspecified atom stereocenters. The Bertz CT molecular complexity index is 909. The van der Waals surface area contributed by atoms with E-state index in [1.165, 1.54) is 0 Å². The highest BCUT2D eigenvalue weighted by Gasteiger charge is 2.21. The van der Waals surface area contributed by atoms with Gasteiger partial charge < -0.3 is 20.0 Å². The maximum atomic E-state index is 12.4. The third kappa shape index (κ3) is 7.42. The summed E-state index contributed by atoms with van der Waals surface area (Å²) >= 11 is 0. The molecule has 0 aliphatic carbocycles. The molecule has 1 atom stereocenters. The summed E-state index contributed by atoms with van der Waals surface area (Å²) in [6.07, 6.45) is 3.13. The van der Waals surface area contributed by atoms with Crippen molar-refractivity contribution >= 4 is 23.4 Å². The Kier molecular flexibility index (Phi) is 9.75. The molecule has 0 aliphatic heterocycles. The summed E-state index contributed by atoms with van der Waals surface area (Å²) in [6.45, 7) is 1.94. The molecule has 9 heteroatoms. The molecule has 0 saturated carbocycles. The van der Waals surface area contributed by atoms with E-state index in [2.05, 4.69) is 10.6 Å². The van der Waals surface area contributed by atoms with E-state index in [9.17, 15) is 14.4 Å². The van der Waals surface area contributed by atoms with Gasteiger partial charge in [-0.15, -0.1) is 0 Å². The largest absolute Gasteiger partial charge is 0.451 e. The summed E-state index contributed by atoms with van der Waals surface area (Å²) in [6, 6.07) is 11.0. The molecule has 32 heavy (non-hydrogen) atoms. The number of amides is 3. The van der Waals surface area contributed by atoms with Crippen LogP contribution in [0.15, 0.2) is 40.8 Å². The first-order valence-electron chi connectivity index (χ1n) is 10.7. The Labute approximate surface area is 188 Å². The van der Waals surface area contributed by atoms with Gasteiger partial charge in [0.1, 0.15) is 5.76 Å². The molecule has 2 rings (SSSR count). The monoisotopic (exact) mass is 444 g/mol. The smallest absolute Gasteiger partial charge is 0.288 e. The van der Waals surface area contributed by atoms with E-state index in [-0.39, 0.29) is 24.8 Å². The van der Waals surface area contributed by atoms with Gasteiger partial charge in [-0.3, -0.25) is 19.6 Å². The summed E-state index contributed by atoms with van der Waals surface area (Å²) in [7, 11) is 3.89. The Hall–Kier alpha value is -3.33. The predicted molar refractivity (Wildman–Crippen MR) is 121 cm³/mol. The number of furan rings is 1. The second-order valence-corrected chi connectivity index (χ2v) is 7.76. The number of benzene rings is 1. The maximum absolute atomic E-state index is 12.4. The van der Waals surface area contributed by atoms with Crippen molar-refractivity contribution in [1.29, 1.82) is 0 Å². The normalized spacial score (nSPS) is 11.5. The standard InChI is InChI=1S/C23H32N4O5/c1-4-5-6-8-17(14-21(28)26-31)22(29)24-15-25-23(30)20-12-11-19(32-20)16-9-7-10-18(13-16)27(2)3/h7,9-13,17,31H,4-6,8,14-15H2,1-3H3,(H,24,29)(H,25,30)(H,26,28)/t17-/m1/s1. The van der Waals surface area contributed by atoms with Gasteiger partial charge in [0.25, 0.3) is 5.91 Å². The average Bonchev–Trinajstić information content (AvgIpc) is 3.28. The molecular weight excluding hydrogens is 412 g/mol. The van der Waals surface area contributed by atoms with Crippen LogP contribution >= 0.6 is 0 Å². The van der Waals surface area contributed by atoms with Crippen LogP contribution in [0.5, 0.6) is 0 Å². The van der Waals surface area contributed by atoms with Crippen LogP contribution in [-0.4, -0.2) is 43.7 Å². The van der Waals surface area contributed by atoms with Crippen LogP contribution in [0.3, 0.4) is 0 Å². The summed E-state index contributed by atoms with van der Waals surface area (Å²) in [5.74, 6) is -1.32. The average molecular weight is 445 g/mol. The Balaban J connectivity index is 1.91. The zero-order valence-corrected chi connectivity index (χ0v) is 18.8. The van der Waals surface area contributed by atoms with Crippen LogP contribution in [0.25, 0.3) is 11.3 Å². The Morgan fingerprint density at radius 2 is 1.88 bits per heavy atom. The van der Waals surface area contributed by atoms with Gasteiger partial charge in [0.2, 0.25) is 11.8 Å². The molecule has 9 nitrogen and oxygen atoms in total. The lowest BCUT2D eigenvalue weighted by molar-refractivity contribution is -0.135. The number of hydrogen-bond donors (Lipinski definition) is 4. The molecule has 0 spiro atoms. The second-order valence-electron chi connectivity index (χ2n) is 7.76. The first kappa shape index (κ1) is 24.9. The van der Waals surface area contributed by atoms with Crippen LogP contribution in [0, 0.1) is 5.92 Å². The highest BCUT2D eigenvalue weighted by Crippen LogP contribution is 2.25. The molecule has 3 amide bonds. The predicted octanol–water partition coefficient (Wildman–Crippen LogP) is 2.91. The second kappa shape index (κ2) is 12.5. The van der Waals surface area contributed by atoms with E-state index in [1.54, 1.807) is 17.6 Å². The van der Waals surface area contributed by atoms with Crippen molar-refractivity contribution in [2.75, 3.05) is 25.7 Å². The molecule has 174 valence electrons. The van der Waals surface area contributed by atoms with Crippen LogP contribution in [-0.2, 0) is 9.59 Å². The fraction of sp³-hybridized carbons (Fsp3) is 0.435. The van der Waals surface area contributed by atoms with Crippen LogP contribution in [0.4, 0.5) is 5.69 Å². The quantitative estimate of drug-likeness (QED) is 0.173. The molecular formula is C23H32N4O5. The minimum absolute atomic E-state index is 0.102. The Morgan fingerprint density at radius 3 is 2.56 bits per heavy atom. The molecule has 4 N–H and O–H groups in total. The highest BCUT2D eigenvalue weighted by molar-refractivity contribution is 5.92. The number of rotatable bonds is 12. The zero-order valence-electron chi connectivity index (χ0n) is 18.8. The molecule has 0 radical (unpaired) electrons. The molecule has 0 saturated heterocycles. The third-order valence-corrected chi connectivity index (χ3v) is 5.07. The minimum Gasteiger partial charge on any atom is -0.451 e. The molecule has 1 aromatic heterocycles. The number of nitrogens with one attached hydrogen (secondary N) is 3. The van der Waals surface area contributed by atoms with Crippen molar-refractivity contribution in [2.24, 2.45) is 5.92 Å². The van der Waals surface area contributed by atoms with Crippen LogP contribution < -0.4 is 21.0 Å². The summed E-state index contributed by atoms with van der Waals surface area (Å²) in [5, 5.41) is 13.9. The summed E-state index contributed by atoms with van der Waals surface area (Å²) in [5.41, 5.74) is 3.42. The van der Waals surface area contributed by atoms with Gasteiger partial charge >= 0.3 is 0 Å². The molecule has 1 aromatic carbocycles. The number of anilines is 1. The van der Waals surface area contributed by atoms with Crippen molar-refractivity contribution in [3.8, 4) is 11.3 Å². The lowest BCUT2D eigenvalue weighted by atomic mass is 9.96. The number of nitrogens with zero attached hydrogens (tertiary/aromatic N) is 1. The molecule has 2 aromatic rings. The minimum atomic E-state index is -0.618. The number of carbonyl (C=O) groups is 3. The maximum Gasteiger partial charge on any atom is 0.288 e. The van der Waals surface area contributed by atoms with Gasteiger partial charge in [0.05, 0.1) is 6.67 Å². The van der Waals surface area contributed by atoms with Gasteiger partial charge in [-0.05, 0) is 30.7 Å². The van der Waals surface area contributed by atoms with Crippen molar-refractivity contribution in [2.45, 2.75) is 39.0 Å². The fourth-order valence-electron chi connectivity index (χ4n) is 3.23. The summed E-state index contributed by atoms with van der Waals surface area (Å²) in [4.78, 5) is 38.3. The lowest BCUT2D eigenvalue weighted by Crippen LogP contribution is -2.41. The van der Waals surface area contributed by atoms with Gasteiger partial charge in [0, 0.05) is 37.7 Å². The fourth-order valence-corrected chi connectivity index (χ4v) is 3.23. The lowest BCUT2D eigenvalue weighted by Gasteiger charge is -2.16. The van der Waals surface area contributed by atoms with E-state index >= 15 is 0 Å². The van der Waals surface area contributed by atoms with Gasteiger partial charge in [-0.25, -0.2) is 5.48 Å². The number of hydroxylamine groups is 1. The first-order valence-corrected chi connectivity index (χ1v) is 10.7. The van der Waals surface area contributed by atoms with E-state index < -0.39 is 17.7 Å². The van der Waals surface area contributed by atoms with E-state index in [4.69, 9.17) is 9.62 Å². The van der Waals surface area contributed by atoms with Crippen molar-refractivity contribution < 1.29 is 24.0 Å². The SMILES string of the molecule is CCCCC[C@H](CC(=O)NO)C(=O)NCNC(=O)c1ccc(-c2cccc(N(C)C)c2)o1. The molecule has 0 bridgehead atoms.